The highest BCUT2D eigenvalue weighted by Gasteiger charge is 2.08. The fourth-order valence-corrected chi connectivity index (χ4v) is 2.45. The smallest absolute Gasteiger partial charge is 0.169 e. The number of rotatable bonds is 5. The molecule has 3 aromatic carbocycles. The van der Waals surface area contributed by atoms with Gasteiger partial charge in [-0.3, -0.25) is 0 Å². The zero-order valence-electron chi connectivity index (χ0n) is 14.1. The van der Waals surface area contributed by atoms with Crippen molar-refractivity contribution in [1.29, 1.82) is 0 Å². The van der Waals surface area contributed by atoms with Crippen molar-refractivity contribution in [2.75, 3.05) is 14.2 Å². The molecule has 0 aliphatic rings. The van der Waals surface area contributed by atoms with Gasteiger partial charge in [0.2, 0.25) is 0 Å². The van der Waals surface area contributed by atoms with Gasteiger partial charge >= 0.3 is 0 Å². The van der Waals surface area contributed by atoms with Crippen molar-refractivity contribution in [2.24, 2.45) is 0 Å². The van der Waals surface area contributed by atoms with Gasteiger partial charge in [0.15, 0.2) is 11.5 Å². The van der Waals surface area contributed by atoms with Crippen LogP contribution < -0.4 is 14.2 Å². The molecular formula is C21H20O3. The van der Waals surface area contributed by atoms with Crippen LogP contribution in [0.1, 0.15) is 5.56 Å². The highest BCUT2D eigenvalue weighted by Crippen LogP contribution is 2.35. The Balaban J connectivity index is 1.80. The van der Waals surface area contributed by atoms with Gasteiger partial charge in [-0.05, 0) is 42.3 Å². The van der Waals surface area contributed by atoms with Crippen LogP contribution in [0.5, 0.6) is 23.0 Å². The maximum atomic E-state index is 5.93. The normalized spacial score (nSPS) is 10.3. The lowest BCUT2D eigenvalue weighted by atomic mass is 10.0. The Labute approximate surface area is 142 Å². The summed E-state index contributed by atoms with van der Waals surface area (Å²) in [6, 6.07) is 22.0. The monoisotopic (exact) mass is 320 g/mol. The molecule has 3 aromatic rings. The van der Waals surface area contributed by atoms with Gasteiger partial charge in [-0.1, -0.05) is 42.0 Å². The molecule has 0 unspecified atom stereocenters. The van der Waals surface area contributed by atoms with E-state index in [1.54, 1.807) is 20.3 Å². The average Bonchev–Trinajstić information content (AvgIpc) is 2.63. The summed E-state index contributed by atoms with van der Waals surface area (Å²) >= 11 is 0. The zero-order valence-corrected chi connectivity index (χ0v) is 14.1. The minimum absolute atomic E-state index is 0.636. The fourth-order valence-electron chi connectivity index (χ4n) is 2.45. The van der Waals surface area contributed by atoms with E-state index in [0.717, 1.165) is 17.1 Å². The third kappa shape index (κ3) is 3.51. The van der Waals surface area contributed by atoms with E-state index in [0.29, 0.717) is 11.5 Å². The lowest BCUT2D eigenvalue weighted by Gasteiger charge is -2.12. The van der Waals surface area contributed by atoms with E-state index in [4.69, 9.17) is 14.2 Å². The molecular weight excluding hydrogens is 300 g/mol. The van der Waals surface area contributed by atoms with Crippen LogP contribution in [0.3, 0.4) is 0 Å². The molecule has 0 heterocycles. The Bertz CT molecular complexity index is 805. The highest BCUT2D eigenvalue weighted by molar-refractivity contribution is 5.64. The molecule has 3 heteroatoms. The average molecular weight is 320 g/mol. The Hall–Kier alpha value is -2.94. The van der Waals surface area contributed by atoms with Crippen LogP contribution >= 0.6 is 0 Å². The first-order chi connectivity index (χ1) is 11.7. The molecule has 122 valence electrons. The second kappa shape index (κ2) is 7.09. The van der Waals surface area contributed by atoms with Crippen molar-refractivity contribution < 1.29 is 14.2 Å². The van der Waals surface area contributed by atoms with E-state index in [2.05, 4.69) is 43.3 Å². The van der Waals surface area contributed by atoms with Crippen molar-refractivity contribution in [3.63, 3.8) is 0 Å². The molecule has 0 aliphatic heterocycles. The molecule has 0 radical (unpaired) electrons. The number of benzene rings is 3. The zero-order chi connectivity index (χ0) is 16.9. The molecule has 3 nitrogen and oxygen atoms in total. The van der Waals surface area contributed by atoms with Crippen molar-refractivity contribution >= 4 is 0 Å². The summed E-state index contributed by atoms with van der Waals surface area (Å²) in [6.45, 7) is 2.09. The summed E-state index contributed by atoms with van der Waals surface area (Å²) < 4.78 is 16.5. The van der Waals surface area contributed by atoms with Crippen LogP contribution in [0.25, 0.3) is 11.1 Å². The Morgan fingerprint density at radius 2 is 1.17 bits per heavy atom. The summed E-state index contributed by atoms with van der Waals surface area (Å²) in [5, 5.41) is 0. The minimum Gasteiger partial charge on any atom is -0.497 e. The van der Waals surface area contributed by atoms with E-state index in [9.17, 15) is 0 Å². The van der Waals surface area contributed by atoms with Crippen LogP contribution in [0.15, 0.2) is 66.7 Å². The largest absolute Gasteiger partial charge is 0.497 e. The third-order valence-corrected chi connectivity index (χ3v) is 3.84. The van der Waals surface area contributed by atoms with Gasteiger partial charge in [-0.2, -0.15) is 0 Å². The fraction of sp³-hybridized carbons (Fsp3) is 0.143. The number of ether oxygens (including phenoxy) is 3. The minimum atomic E-state index is 0.636. The molecule has 0 amide bonds. The van der Waals surface area contributed by atoms with Gasteiger partial charge in [-0.25, -0.2) is 0 Å². The molecule has 0 N–H and O–H groups in total. The van der Waals surface area contributed by atoms with Gasteiger partial charge in [0.05, 0.1) is 14.2 Å². The summed E-state index contributed by atoms with van der Waals surface area (Å²) in [4.78, 5) is 0. The van der Waals surface area contributed by atoms with Gasteiger partial charge in [0.1, 0.15) is 11.5 Å². The summed E-state index contributed by atoms with van der Waals surface area (Å²) in [7, 11) is 3.24. The number of hydrogen-bond acceptors (Lipinski definition) is 3. The van der Waals surface area contributed by atoms with E-state index in [1.165, 1.54) is 11.1 Å². The quantitative estimate of drug-likeness (QED) is 0.624. The van der Waals surface area contributed by atoms with Crippen LogP contribution in [-0.2, 0) is 0 Å². The van der Waals surface area contributed by atoms with E-state index in [-0.39, 0.29) is 0 Å². The highest BCUT2D eigenvalue weighted by atomic mass is 16.5. The topological polar surface area (TPSA) is 27.7 Å². The molecule has 0 aromatic heterocycles. The predicted molar refractivity (Wildman–Crippen MR) is 96.2 cm³/mol. The molecule has 0 saturated carbocycles. The second-order valence-corrected chi connectivity index (χ2v) is 5.51. The maximum Gasteiger partial charge on any atom is 0.169 e. The van der Waals surface area contributed by atoms with Crippen LogP contribution in [-0.4, -0.2) is 14.2 Å². The van der Waals surface area contributed by atoms with E-state index >= 15 is 0 Å². The Morgan fingerprint density at radius 1 is 0.583 bits per heavy atom. The molecule has 24 heavy (non-hydrogen) atoms. The van der Waals surface area contributed by atoms with Crippen molar-refractivity contribution in [3.05, 3.63) is 72.3 Å². The maximum absolute atomic E-state index is 5.93. The van der Waals surface area contributed by atoms with Crippen molar-refractivity contribution in [2.45, 2.75) is 6.92 Å². The summed E-state index contributed by atoms with van der Waals surface area (Å²) in [6.07, 6.45) is 0. The molecule has 0 fully saturated rings. The molecule has 0 atom stereocenters. The van der Waals surface area contributed by atoms with Gasteiger partial charge in [-0.15, -0.1) is 0 Å². The molecule has 0 bridgehead atoms. The van der Waals surface area contributed by atoms with Gasteiger partial charge in [0.25, 0.3) is 0 Å². The first-order valence-electron chi connectivity index (χ1n) is 7.76. The lowest BCUT2D eigenvalue weighted by Crippen LogP contribution is -1.92. The molecule has 0 saturated heterocycles. The van der Waals surface area contributed by atoms with Crippen LogP contribution in [0.4, 0.5) is 0 Å². The molecule has 3 rings (SSSR count). The van der Waals surface area contributed by atoms with E-state index < -0.39 is 0 Å². The first kappa shape index (κ1) is 15.9. The standard InChI is InChI=1S/C21H20O3/c1-15-4-6-16(7-5-15)17-8-10-18(11-9-17)24-20-13-12-19(22-2)14-21(20)23-3/h4-14H,1-3H3. The number of hydrogen-bond donors (Lipinski definition) is 0. The summed E-state index contributed by atoms with van der Waals surface area (Å²) in [5.74, 6) is 2.78. The van der Waals surface area contributed by atoms with Gasteiger partial charge < -0.3 is 14.2 Å². The second-order valence-electron chi connectivity index (χ2n) is 5.51. The third-order valence-electron chi connectivity index (χ3n) is 3.84. The number of aryl methyl sites for hydroxylation is 1. The van der Waals surface area contributed by atoms with Crippen molar-refractivity contribution in [1.82, 2.24) is 0 Å². The van der Waals surface area contributed by atoms with E-state index in [1.807, 2.05) is 24.3 Å². The SMILES string of the molecule is COc1ccc(Oc2ccc(-c3ccc(C)cc3)cc2)c(OC)c1. The summed E-state index contributed by atoms with van der Waals surface area (Å²) in [5.41, 5.74) is 3.60. The Kier molecular flexibility index (Phi) is 4.71. The number of methoxy groups -OCH3 is 2. The lowest BCUT2D eigenvalue weighted by molar-refractivity contribution is 0.369. The predicted octanol–water partition coefficient (Wildman–Crippen LogP) is 5.47. The first-order valence-corrected chi connectivity index (χ1v) is 7.76. The molecule has 0 aliphatic carbocycles. The Morgan fingerprint density at radius 3 is 1.75 bits per heavy atom. The molecule has 0 spiro atoms. The van der Waals surface area contributed by atoms with Crippen LogP contribution in [0.2, 0.25) is 0 Å². The van der Waals surface area contributed by atoms with Crippen molar-refractivity contribution in [3.8, 4) is 34.1 Å². The van der Waals surface area contributed by atoms with Crippen LogP contribution in [0, 0.1) is 6.92 Å². The van der Waals surface area contributed by atoms with Gasteiger partial charge in [0, 0.05) is 6.07 Å².